The normalized spacial score (nSPS) is 10.6. The van der Waals surface area contributed by atoms with Crippen LogP contribution in [0.3, 0.4) is 0 Å². The van der Waals surface area contributed by atoms with Crippen LogP contribution >= 0.6 is 0 Å². The van der Waals surface area contributed by atoms with Crippen molar-refractivity contribution in [3.05, 3.63) is 46.1 Å². The molecule has 78 valence electrons. The number of aryl methyl sites for hydroxylation is 2. The summed E-state index contributed by atoms with van der Waals surface area (Å²) in [5.41, 5.74) is 2.02. The second-order valence-electron chi connectivity index (χ2n) is 3.48. The maximum atomic E-state index is 12.7. The number of hydrogen-bond acceptors (Lipinski definition) is 1. The Hall–Kier alpha value is -1.84. The molecule has 1 N–H and O–H groups in total. The molecule has 0 saturated heterocycles. The summed E-state index contributed by atoms with van der Waals surface area (Å²) in [6.45, 7) is 1.82. The monoisotopic (exact) mass is 206 g/mol. The van der Waals surface area contributed by atoms with Crippen LogP contribution in [-0.2, 0) is 7.05 Å². The first-order chi connectivity index (χ1) is 7.09. The van der Waals surface area contributed by atoms with Crippen LogP contribution in [-0.4, -0.2) is 9.78 Å². The van der Waals surface area contributed by atoms with Gasteiger partial charge in [-0.25, -0.2) is 4.39 Å². The van der Waals surface area contributed by atoms with Crippen molar-refractivity contribution in [3.63, 3.8) is 0 Å². The average molecular weight is 206 g/mol. The Morgan fingerprint density at radius 2 is 1.87 bits per heavy atom. The van der Waals surface area contributed by atoms with E-state index in [4.69, 9.17) is 0 Å². The van der Waals surface area contributed by atoms with Crippen molar-refractivity contribution in [2.75, 3.05) is 0 Å². The number of nitrogens with zero attached hydrogens (tertiary/aromatic N) is 1. The zero-order chi connectivity index (χ0) is 11.0. The first kappa shape index (κ1) is 9.71. The van der Waals surface area contributed by atoms with E-state index in [-0.39, 0.29) is 11.4 Å². The molecule has 0 aliphatic heterocycles. The smallest absolute Gasteiger partial charge is 0.274 e. The summed E-state index contributed by atoms with van der Waals surface area (Å²) in [4.78, 5) is 11.7. The Balaban J connectivity index is 2.64. The summed E-state index contributed by atoms with van der Waals surface area (Å²) in [6, 6.07) is 5.90. The third-order valence-corrected chi connectivity index (χ3v) is 2.36. The van der Waals surface area contributed by atoms with Gasteiger partial charge >= 0.3 is 0 Å². The zero-order valence-corrected chi connectivity index (χ0v) is 8.54. The molecule has 3 nitrogen and oxygen atoms in total. The minimum absolute atomic E-state index is 0.0980. The molecular formula is C11H11FN2O. The number of benzene rings is 1. The van der Waals surface area contributed by atoms with Crippen LogP contribution in [0.4, 0.5) is 4.39 Å². The van der Waals surface area contributed by atoms with Gasteiger partial charge in [-0.1, -0.05) is 12.1 Å². The maximum Gasteiger partial charge on any atom is 0.274 e. The van der Waals surface area contributed by atoms with E-state index in [0.717, 1.165) is 11.3 Å². The molecule has 1 aromatic heterocycles. The molecule has 0 atom stereocenters. The molecule has 0 aliphatic carbocycles. The maximum absolute atomic E-state index is 12.7. The lowest BCUT2D eigenvalue weighted by Crippen LogP contribution is -2.13. The standard InChI is InChI=1S/C11H11FN2O/c1-7-10(11(15)14(2)13-7)8-3-5-9(12)6-4-8/h3-6,13H,1-2H3. The van der Waals surface area contributed by atoms with Crippen LogP contribution in [0, 0.1) is 12.7 Å². The number of hydrogen-bond donors (Lipinski definition) is 1. The van der Waals surface area contributed by atoms with Crippen LogP contribution in [0.5, 0.6) is 0 Å². The molecule has 1 heterocycles. The highest BCUT2D eigenvalue weighted by atomic mass is 19.1. The van der Waals surface area contributed by atoms with Crippen molar-refractivity contribution < 1.29 is 4.39 Å². The Morgan fingerprint density at radius 3 is 2.33 bits per heavy atom. The zero-order valence-electron chi connectivity index (χ0n) is 8.54. The number of rotatable bonds is 1. The molecule has 0 amide bonds. The summed E-state index contributed by atoms with van der Waals surface area (Å²) in [5.74, 6) is -0.302. The summed E-state index contributed by atoms with van der Waals surface area (Å²) in [5, 5.41) is 2.90. The number of nitrogens with one attached hydrogen (secondary N) is 1. The summed E-state index contributed by atoms with van der Waals surface area (Å²) in [7, 11) is 1.66. The Labute approximate surface area is 86.2 Å². The van der Waals surface area contributed by atoms with Gasteiger partial charge in [-0.05, 0) is 24.6 Å². The van der Waals surface area contributed by atoms with Gasteiger partial charge in [-0.15, -0.1) is 0 Å². The highest BCUT2D eigenvalue weighted by Gasteiger charge is 2.10. The fourth-order valence-corrected chi connectivity index (χ4v) is 1.64. The van der Waals surface area contributed by atoms with Crippen LogP contribution in [0.25, 0.3) is 11.1 Å². The van der Waals surface area contributed by atoms with Gasteiger partial charge in [0.25, 0.3) is 5.56 Å². The van der Waals surface area contributed by atoms with Gasteiger partial charge in [-0.3, -0.25) is 14.6 Å². The molecule has 0 aliphatic rings. The molecule has 0 fully saturated rings. The Kier molecular flexibility index (Phi) is 2.19. The second-order valence-corrected chi connectivity index (χ2v) is 3.48. The van der Waals surface area contributed by atoms with Gasteiger partial charge in [0.1, 0.15) is 5.82 Å². The molecule has 1 aromatic carbocycles. The predicted molar refractivity (Wildman–Crippen MR) is 56.2 cm³/mol. The molecule has 2 rings (SSSR count). The fourth-order valence-electron chi connectivity index (χ4n) is 1.64. The quantitative estimate of drug-likeness (QED) is 0.759. The van der Waals surface area contributed by atoms with E-state index < -0.39 is 0 Å². The van der Waals surface area contributed by atoms with Crippen LogP contribution < -0.4 is 5.56 Å². The molecule has 0 unspecified atom stereocenters. The van der Waals surface area contributed by atoms with Crippen molar-refractivity contribution in [2.45, 2.75) is 6.92 Å². The first-order valence-corrected chi connectivity index (χ1v) is 4.61. The van der Waals surface area contributed by atoms with Gasteiger partial charge in [-0.2, -0.15) is 0 Å². The largest absolute Gasteiger partial charge is 0.300 e. The van der Waals surface area contributed by atoms with E-state index in [1.807, 2.05) is 6.92 Å². The highest BCUT2D eigenvalue weighted by molar-refractivity contribution is 5.64. The van der Waals surface area contributed by atoms with E-state index in [9.17, 15) is 9.18 Å². The number of aromatic amines is 1. The minimum atomic E-state index is -0.302. The molecule has 0 saturated carbocycles. The van der Waals surface area contributed by atoms with Gasteiger partial charge in [0.05, 0.1) is 5.56 Å². The van der Waals surface area contributed by atoms with Crippen molar-refractivity contribution >= 4 is 0 Å². The van der Waals surface area contributed by atoms with Crippen molar-refractivity contribution in [1.29, 1.82) is 0 Å². The molecule has 0 radical (unpaired) electrons. The van der Waals surface area contributed by atoms with Crippen LogP contribution in [0.2, 0.25) is 0 Å². The number of aromatic nitrogens is 2. The van der Waals surface area contributed by atoms with E-state index in [2.05, 4.69) is 5.10 Å². The highest BCUT2D eigenvalue weighted by Crippen LogP contribution is 2.18. The Morgan fingerprint density at radius 1 is 1.27 bits per heavy atom. The van der Waals surface area contributed by atoms with E-state index >= 15 is 0 Å². The van der Waals surface area contributed by atoms with E-state index in [1.165, 1.54) is 16.8 Å². The van der Waals surface area contributed by atoms with Crippen molar-refractivity contribution in [2.24, 2.45) is 7.05 Å². The van der Waals surface area contributed by atoms with Crippen LogP contribution in [0.1, 0.15) is 5.69 Å². The third-order valence-electron chi connectivity index (χ3n) is 2.36. The Bertz CT molecular complexity index is 537. The first-order valence-electron chi connectivity index (χ1n) is 4.61. The lowest BCUT2D eigenvalue weighted by molar-refractivity contribution is 0.628. The van der Waals surface area contributed by atoms with Gasteiger partial charge in [0.2, 0.25) is 0 Å². The molecule has 4 heteroatoms. The summed E-state index contributed by atoms with van der Waals surface area (Å²) in [6.07, 6.45) is 0. The van der Waals surface area contributed by atoms with E-state index in [1.54, 1.807) is 19.2 Å². The van der Waals surface area contributed by atoms with Gasteiger partial charge < -0.3 is 0 Å². The number of H-pyrrole nitrogens is 1. The van der Waals surface area contributed by atoms with Crippen LogP contribution in [0.15, 0.2) is 29.1 Å². The van der Waals surface area contributed by atoms with Crippen molar-refractivity contribution in [1.82, 2.24) is 9.78 Å². The second kappa shape index (κ2) is 3.38. The molecular weight excluding hydrogens is 195 g/mol. The van der Waals surface area contributed by atoms with Crippen molar-refractivity contribution in [3.8, 4) is 11.1 Å². The lowest BCUT2D eigenvalue weighted by Gasteiger charge is -1.97. The topological polar surface area (TPSA) is 37.8 Å². The molecule has 2 aromatic rings. The SMILES string of the molecule is Cc1[nH]n(C)c(=O)c1-c1ccc(F)cc1. The molecule has 0 spiro atoms. The minimum Gasteiger partial charge on any atom is -0.300 e. The molecule has 15 heavy (non-hydrogen) atoms. The van der Waals surface area contributed by atoms with E-state index in [0.29, 0.717) is 5.56 Å². The average Bonchev–Trinajstić information content (AvgIpc) is 2.44. The van der Waals surface area contributed by atoms with Gasteiger partial charge in [0, 0.05) is 12.7 Å². The van der Waals surface area contributed by atoms with Gasteiger partial charge in [0.15, 0.2) is 0 Å². The predicted octanol–water partition coefficient (Wildman–Crippen LogP) is 1.83. The lowest BCUT2D eigenvalue weighted by atomic mass is 10.1. The summed E-state index contributed by atoms with van der Waals surface area (Å²) >= 11 is 0. The number of halogens is 1. The third kappa shape index (κ3) is 1.58. The summed E-state index contributed by atoms with van der Waals surface area (Å²) < 4.78 is 14.1. The fraction of sp³-hybridized carbons (Fsp3) is 0.182. The molecule has 0 bridgehead atoms.